The average Bonchev–Trinajstić information content (AvgIpc) is 3.62. The lowest BCUT2D eigenvalue weighted by atomic mass is 10.00. The average molecular weight is 592 g/mol. The second-order valence-corrected chi connectivity index (χ2v) is 10.8. The smallest absolute Gasteiger partial charge is 0.322 e. The fourth-order valence-electron chi connectivity index (χ4n) is 4.90. The van der Waals surface area contributed by atoms with E-state index in [1.165, 1.54) is 0 Å². The molecular weight excluding hydrogens is 568 g/mol. The van der Waals surface area contributed by atoms with Gasteiger partial charge >= 0.3 is 6.03 Å². The number of aromatic hydroxyl groups is 1. The third kappa shape index (κ3) is 4.29. The van der Waals surface area contributed by atoms with E-state index in [-0.39, 0.29) is 41.3 Å². The number of nitrogens with one attached hydrogen (secondary N) is 1. The number of carbonyl (C=O) groups excluding carboxylic acids is 3. The number of fused-ring (bicyclic) bond motifs is 1. The minimum Gasteiger partial charge on any atom is -0.508 e. The Bertz CT molecular complexity index is 1170. The van der Waals surface area contributed by atoms with E-state index in [0.717, 1.165) is 11.3 Å². The molecular formula is C24H24Br2N4O4. The molecule has 2 fully saturated rings. The van der Waals surface area contributed by atoms with Crippen LogP contribution in [0.15, 0.2) is 39.3 Å². The van der Waals surface area contributed by atoms with Gasteiger partial charge in [-0.15, -0.1) is 0 Å². The number of Topliss-reactive ketones (excluding diaryl/α,β-unsaturated/α-hetero) is 1. The highest BCUT2D eigenvalue weighted by atomic mass is 79.9. The first kappa shape index (κ1) is 23.2. The molecule has 0 bridgehead atoms. The van der Waals surface area contributed by atoms with Gasteiger partial charge in [-0.1, -0.05) is 0 Å². The molecule has 1 saturated carbocycles. The highest BCUT2D eigenvalue weighted by Gasteiger charge is 2.50. The van der Waals surface area contributed by atoms with E-state index in [1.807, 2.05) is 4.90 Å². The van der Waals surface area contributed by atoms with Crippen LogP contribution >= 0.6 is 31.9 Å². The van der Waals surface area contributed by atoms with Gasteiger partial charge in [0.15, 0.2) is 5.78 Å². The zero-order valence-corrected chi connectivity index (χ0v) is 21.4. The number of hydrogen-bond donors (Lipinski definition) is 3. The molecule has 5 rings (SSSR count). The number of nitrogen functional groups attached to an aromatic ring is 1. The van der Waals surface area contributed by atoms with Gasteiger partial charge in [0.2, 0.25) is 5.91 Å². The molecule has 3 amide bonds. The number of rotatable bonds is 4. The van der Waals surface area contributed by atoms with Crippen molar-refractivity contribution in [1.82, 2.24) is 9.80 Å². The molecule has 2 aromatic carbocycles. The molecule has 3 aliphatic rings. The maximum atomic E-state index is 13.1. The van der Waals surface area contributed by atoms with E-state index in [9.17, 15) is 19.5 Å². The zero-order valence-electron chi connectivity index (χ0n) is 18.3. The number of urea groups is 1. The molecule has 1 aliphatic carbocycles. The van der Waals surface area contributed by atoms with Crippen molar-refractivity contribution >= 4 is 61.0 Å². The lowest BCUT2D eigenvalue weighted by molar-refractivity contribution is -0.134. The Morgan fingerprint density at radius 3 is 2.41 bits per heavy atom. The number of anilines is 2. The predicted octanol–water partition coefficient (Wildman–Crippen LogP) is 4.36. The van der Waals surface area contributed by atoms with Gasteiger partial charge in [-0.25, -0.2) is 4.79 Å². The number of hydrogen-bond acceptors (Lipinski definition) is 5. The maximum absolute atomic E-state index is 13.1. The summed E-state index contributed by atoms with van der Waals surface area (Å²) in [6, 6.07) is 8.20. The number of carbonyl (C=O) groups is 3. The van der Waals surface area contributed by atoms with Crippen molar-refractivity contribution in [1.29, 1.82) is 0 Å². The monoisotopic (exact) mass is 590 g/mol. The first-order valence-corrected chi connectivity index (χ1v) is 12.8. The van der Waals surface area contributed by atoms with Crippen molar-refractivity contribution in [2.45, 2.75) is 31.8 Å². The summed E-state index contributed by atoms with van der Waals surface area (Å²) < 4.78 is 1.30. The van der Waals surface area contributed by atoms with Crippen molar-refractivity contribution in [2.75, 3.05) is 24.1 Å². The van der Waals surface area contributed by atoms with Gasteiger partial charge < -0.3 is 26.0 Å². The number of phenolic OH excluding ortho intramolecular Hbond substituents is 1. The molecule has 0 aromatic heterocycles. The second-order valence-electron chi connectivity index (χ2n) is 9.12. The van der Waals surface area contributed by atoms with E-state index in [0.29, 0.717) is 59.1 Å². The molecule has 0 radical (unpaired) electrons. The van der Waals surface area contributed by atoms with Crippen LogP contribution < -0.4 is 11.1 Å². The van der Waals surface area contributed by atoms with Crippen LogP contribution in [-0.4, -0.2) is 51.8 Å². The number of nitrogens with two attached hydrogens (primary N) is 1. The van der Waals surface area contributed by atoms with E-state index < -0.39 is 0 Å². The summed E-state index contributed by atoms with van der Waals surface area (Å²) >= 11 is 6.74. The molecule has 8 nitrogen and oxygen atoms in total. The van der Waals surface area contributed by atoms with E-state index in [2.05, 4.69) is 37.2 Å². The summed E-state index contributed by atoms with van der Waals surface area (Å²) in [6.07, 6.45) is 1.92. The predicted molar refractivity (Wildman–Crippen MR) is 134 cm³/mol. The van der Waals surface area contributed by atoms with Crippen molar-refractivity contribution in [3.05, 3.63) is 50.4 Å². The number of piperidine rings is 1. The quantitative estimate of drug-likeness (QED) is 0.278. The van der Waals surface area contributed by atoms with Gasteiger partial charge in [-0.05, 0) is 87.0 Å². The van der Waals surface area contributed by atoms with Crippen LogP contribution in [0.4, 0.5) is 16.2 Å². The summed E-state index contributed by atoms with van der Waals surface area (Å²) in [5.41, 5.74) is 8.58. The third-order valence-electron chi connectivity index (χ3n) is 6.96. The second kappa shape index (κ2) is 8.88. The Hall–Kier alpha value is -2.59. The number of amides is 3. The van der Waals surface area contributed by atoms with Crippen LogP contribution in [0, 0.1) is 11.8 Å². The molecule has 34 heavy (non-hydrogen) atoms. The van der Waals surface area contributed by atoms with Gasteiger partial charge in [0, 0.05) is 57.7 Å². The summed E-state index contributed by atoms with van der Waals surface area (Å²) in [5, 5.41) is 12.7. The normalized spacial score (nSPS) is 22.2. The van der Waals surface area contributed by atoms with Gasteiger partial charge in [-0.3, -0.25) is 9.59 Å². The molecule has 0 unspecified atom stereocenters. The lowest BCUT2D eigenvalue weighted by Crippen LogP contribution is -2.51. The van der Waals surface area contributed by atoms with Crippen LogP contribution in [0.2, 0.25) is 0 Å². The zero-order chi connectivity index (χ0) is 24.1. The van der Waals surface area contributed by atoms with Crippen LogP contribution in [0.3, 0.4) is 0 Å². The van der Waals surface area contributed by atoms with Gasteiger partial charge in [0.05, 0.1) is 5.69 Å². The Kier molecular flexibility index (Phi) is 6.05. The number of ketones is 1. The lowest BCUT2D eigenvalue weighted by Gasteiger charge is -2.40. The fourth-order valence-corrected chi connectivity index (χ4v) is 6.09. The SMILES string of the molecule is Nc1c(Br)cc(C(=O)[C@@H]2C[C@H]2C(=O)N2CCC(N3Cc4cc(O)ccc4NC3=O)CC2)cc1Br. The molecule has 0 spiro atoms. The number of phenols is 1. The van der Waals surface area contributed by atoms with Crippen molar-refractivity contribution in [3.63, 3.8) is 0 Å². The van der Waals surface area contributed by atoms with Crippen molar-refractivity contribution in [2.24, 2.45) is 11.8 Å². The Morgan fingerprint density at radius 2 is 1.74 bits per heavy atom. The number of halogens is 2. The van der Waals surface area contributed by atoms with Crippen LogP contribution in [0.5, 0.6) is 5.75 Å². The van der Waals surface area contributed by atoms with Crippen molar-refractivity contribution < 1.29 is 19.5 Å². The molecule has 4 N–H and O–H groups in total. The topological polar surface area (TPSA) is 116 Å². The molecule has 2 atom stereocenters. The molecule has 1 saturated heterocycles. The minimum atomic E-state index is -0.301. The summed E-state index contributed by atoms with van der Waals surface area (Å²) in [4.78, 5) is 42.2. The highest BCUT2D eigenvalue weighted by molar-refractivity contribution is 9.11. The fraction of sp³-hybridized carbons (Fsp3) is 0.375. The maximum Gasteiger partial charge on any atom is 0.322 e. The minimum absolute atomic E-state index is 0.0145. The number of nitrogens with zero attached hydrogens (tertiary/aromatic N) is 2. The van der Waals surface area contributed by atoms with Gasteiger partial charge in [-0.2, -0.15) is 0 Å². The Morgan fingerprint density at radius 1 is 1.06 bits per heavy atom. The first-order valence-electron chi connectivity index (χ1n) is 11.2. The molecule has 2 aliphatic heterocycles. The molecule has 2 heterocycles. The number of benzene rings is 2. The molecule has 178 valence electrons. The summed E-state index contributed by atoms with van der Waals surface area (Å²) in [5.74, 6) is -0.440. The van der Waals surface area contributed by atoms with Crippen LogP contribution in [-0.2, 0) is 11.3 Å². The van der Waals surface area contributed by atoms with Crippen LogP contribution in [0.1, 0.15) is 35.2 Å². The Balaban J connectivity index is 1.18. The standard InChI is InChI=1S/C24H24Br2N4O4/c25-18-8-12(9-19(26)21(18)27)22(32)16-10-17(16)23(33)29-5-3-14(4-6-29)30-11-13-7-15(31)1-2-20(13)28-24(30)34/h1-2,7-9,14,16-17,31H,3-6,10-11,27H2,(H,28,34)/t16-,17-/m1/s1. The van der Waals surface area contributed by atoms with E-state index in [1.54, 1.807) is 35.2 Å². The van der Waals surface area contributed by atoms with Gasteiger partial charge in [0.1, 0.15) is 5.75 Å². The van der Waals surface area contributed by atoms with Gasteiger partial charge in [0.25, 0.3) is 0 Å². The highest BCUT2D eigenvalue weighted by Crippen LogP contribution is 2.44. The Labute approximate surface area is 213 Å². The molecule has 2 aromatic rings. The largest absolute Gasteiger partial charge is 0.508 e. The summed E-state index contributed by atoms with van der Waals surface area (Å²) in [7, 11) is 0. The van der Waals surface area contributed by atoms with Crippen molar-refractivity contribution in [3.8, 4) is 5.75 Å². The van der Waals surface area contributed by atoms with E-state index >= 15 is 0 Å². The third-order valence-corrected chi connectivity index (χ3v) is 8.27. The number of likely N-dealkylation sites (tertiary alicyclic amines) is 1. The van der Waals surface area contributed by atoms with Crippen LogP contribution in [0.25, 0.3) is 0 Å². The molecule has 10 heteroatoms. The van der Waals surface area contributed by atoms with E-state index in [4.69, 9.17) is 5.73 Å². The summed E-state index contributed by atoms with van der Waals surface area (Å²) in [6.45, 7) is 1.53. The first-order chi connectivity index (χ1) is 16.2.